The smallest absolute Gasteiger partial charge is 0.160 e. The van der Waals surface area contributed by atoms with Gasteiger partial charge in [-0.25, -0.2) is 0 Å². The van der Waals surface area contributed by atoms with E-state index in [4.69, 9.17) is 5.10 Å². The molecule has 4 heteroatoms. The van der Waals surface area contributed by atoms with Crippen LogP contribution in [0.15, 0.2) is 30.3 Å². The summed E-state index contributed by atoms with van der Waals surface area (Å²) in [4.78, 5) is 5.00. The van der Waals surface area contributed by atoms with E-state index in [9.17, 15) is 0 Å². The van der Waals surface area contributed by atoms with Crippen LogP contribution in [0.25, 0.3) is 0 Å². The van der Waals surface area contributed by atoms with Crippen molar-refractivity contribution in [2.75, 3.05) is 22.9 Å². The Hall–Kier alpha value is -2.75. The molecule has 2 aromatic carbocycles. The fourth-order valence-corrected chi connectivity index (χ4v) is 5.37. The number of nitrogens with zero attached hydrogens (tertiary/aromatic N) is 4. The summed E-state index contributed by atoms with van der Waals surface area (Å²) in [5.74, 6) is 2.43. The molecule has 1 aliphatic heterocycles. The number of rotatable bonds is 6. The van der Waals surface area contributed by atoms with Gasteiger partial charge >= 0.3 is 0 Å². The van der Waals surface area contributed by atoms with Gasteiger partial charge in [-0.3, -0.25) is 4.68 Å². The summed E-state index contributed by atoms with van der Waals surface area (Å²) >= 11 is 0. The molecule has 0 bridgehead atoms. The Labute approximate surface area is 193 Å². The Bertz CT molecular complexity index is 1100. The van der Waals surface area contributed by atoms with E-state index < -0.39 is 0 Å². The molecule has 0 amide bonds. The fourth-order valence-electron chi connectivity index (χ4n) is 5.37. The highest BCUT2D eigenvalue weighted by molar-refractivity contribution is 5.74. The lowest BCUT2D eigenvalue weighted by atomic mass is 10.00. The molecule has 0 spiro atoms. The highest BCUT2D eigenvalue weighted by atomic mass is 15.4. The minimum Gasteiger partial charge on any atom is -0.352 e. The fraction of sp³-hybridized carbons (Fsp3) is 0.464. The molecule has 32 heavy (non-hydrogen) atoms. The molecule has 4 nitrogen and oxygen atoms in total. The molecule has 0 N–H and O–H groups in total. The molecule has 0 fully saturated rings. The van der Waals surface area contributed by atoms with Crippen LogP contribution in [0.3, 0.4) is 0 Å². The SMILES string of the molecule is CCCN(Cc1ccc(C)c(C)c1)c1c2c(nn1C)N(c1c(C)cc(C)cc1C)CCC2. The van der Waals surface area contributed by atoms with Crippen LogP contribution in [0, 0.1) is 34.6 Å². The van der Waals surface area contributed by atoms with E-state index in [1.165, 1.54) is 50.4 Å². The molecule has 2 heterocycles. The summed E-state index contributed by atoms with van der Waals surface area (Å²) in [6, 6.07) is 11.5. The molecule has 0 radical (unpaired) electrons. The summed E-state index contributed by atoms with van der Waals surface area (Å²) in [6.45, 7) is 16.3. The van der Waals surface area contributed by atoms with Gasteiger partial charge in [0.05, 0.1) is 0 Å². The highest BCUT2D eigenvalue weighted by Gasteiger charge is 2.29. The first-order chi connectivity index (χ1) is 15.3. The monoisotopic (exact) mass is 430 g/mol. The third-order valence-corrected chi connectivity index (χ3v) is 6.80. The van der Waals surface area contributed by atoms with Crippen LogP contribution < -0.4 is 9.80 Å². The van der Waals surface area contributed by atoms with Crippen molar-refractivity contribution in [2.24, 2.45) is 7.05 Å². The maximum absolute atomic E-state index is 5.09. The van der Waals surface area contributed by atoms with Crippen molar-refractivity contribution < 1.29 is 0 Å². The van der Waals surface area contributed by atoms with Gasteiger partial charge in [0.2, 0.25) is 0 Å². The summed E-state index contributed by atoms with van der Waals surface area (Å²) in [5, 5.41) is 5.09. The van der Waals surface area contributed by atoms with Crippen molar-refractivity contribution in [2.45, 2.75) is 67.3 Å². The predicted octanol–water partition coefficient (Wildman–Crippen LogP) is 6.46. The van der Waals surface area contributed by atoms with E-state index in [0.717, 1.165) is 44.7 Å². The molecule has 0 aliphatic carbocycles. The van der Waals surface area contributed by atoms with Gasteiger partial charge in [-0.15, -0.1) is 0 Å². The predicted molar refractivity (Wildman–Crippen MR) is 136 cm³/mol. The molecular weight excluding hydrogens is 392 g/mol. The van der Waals surface area contributed by atoms with Crippen LogP contribution >= 0.6 is 0 Å². The molecule has 4 rings (SSSR count). The van der Waals surface area contributed by atoms with Crippen LogP contribution in [0.1, 0.15) is 58.7 Å². The summed E-state index contributed by atoms with van der Waals surface area (Å²) < 4.78 is 2.12. The van der Waals surface area contributed by atoms with E-state index >= 15 is 0 Å². The second-order valence-corrected chi connectivity index (χ2v) is 9.59. The normalized spacial score (nSPS) is 13.4. The number of hydrogen-bond donors (Lipinski definition) is 0. The third kappa shape index (κ3) is 4.15. The lowest BCUT2D eigenvalue weighted by Gasteiger charge is -2.32. The second kappa shape index (κ2) is 9.01. The quantitative estimate of drug-likeness (QED) is 0.448. The Morgan fingerprint density at radius 2 is 1.66 bits per heavy atom. The summed E-state index contributed by atoms with van der Waals surface area (Å²) in [7, 11) is 2.11. The van der Waals surface area contributed by atoms with Gasteiger partial charge in [0.15, 0.2) is 5.82 Å². The van der Waals surface area contributed by atoms with Gasteiger partial charge in [-0.05, 0) is 81.7 Å². The van der Waals surface area contributed by atoms with Gasteiger partial charge < -0.3 is 9.80 Å². The van der Waals surface area contributed by atoms with E-state index in [-0.39, 0.29) is 0 Å². The molecule has 0 atom stereocenters. The number of fused-ring (bicyclic) bond motifs is 1. The first kappa shape index (κ1) is 22.4. The minimum atomic E-state index is 0.920. The standard InChI is InChI=1S/C28H38N4/c1-8-13-31(18-24-12-11-20(3)21(4)17-24)28-25-10-9-14-32(27(25)29-30(28)7)26-22(5)15-19(2)16-23(26)6/h11-12,15-17H,8-10,13-14,18H2,1-7H3. The minimum absolute atomic E-state index is 0.920. The van der Waals surface area contributed by atoms with Crippen molar-refractivity contribution in [1.82, 2.24) is 9.78 Å². The second-order valence-electron chi connectivity index (χ2n) is 9.59. The maximum atomic E-state index is 5.09. The Morgan fingerprint density at radius 3 is 2.31 bits per heavy atom. The van der Waals surface area contributed by atoms with Crippen LogP contribution in [-0.2, 0) is 20.0 Å². The Kier molecular flexibility index (Phi) is 6.32. The van der Waals surface area contributed by atoms with Crippen LogP contribution in [-0.4, -0.2) is 22.9 Å². The number of hydrogen-bond acceptors (Lipinski definition) is 3. The Morgan fingerprint density at radius 1 is 0.938 bits per heavy atom. The number of anilines is 3. The van der Waals surface area contributed by atoms with Crippen molar-refractivity contribution in [1.29, 1.82) is 0 Å². The lowest BCUT2D eigenvalue weighted by Crippen LogP contribution is -2.29. The average molecular weight is 431 g/mol. The zero-order valence-corrected chi connectivity index (χ0v) is 20.9. The number of benzene rings is 2. The van der Waals surface area contributed by atoms with Crippen LogP contribution in [0.4, 0.5) is 17.3 Å². The van der Waals surface area contributed by atoms with Crippen molar-refractivity contribution in [3.05, 3.63) is 69.3 Å². The molecular formula is C28H38N4. The molecule has 1 aliphatic rings. The topological polar surface area (TPSA) is 24.3 Å². The molecule has 0 saturated carbocycles. The highest BCUT2D eigenvalue weighted by Crippen LogP contribution is 2.41. The zero-order chi connectivity index (χ0) is 23.0. The first-order valence-corrected chi connectivity index (χ1v) is 12.0. The largest absolute Gasteiger partial charge is 0.352 e. The Balaban J connectivity index is 1.75. The van der Waals surface area contributed by atoms with Crippen LogP contribution in [0.2, 0.25) is 0 Å². The van der Waals surface area contributed by atoms with Gasteiger partial charge in [-0.2, -0.15) is 5.10 Å². The summed E-state index contributed by atoms with van der Waals surface area (Å²) in [6.07, 6.45) is 3.36. The number of aryl methyl sites for hydroxylation is 6. The lowest BCUT2D eigenvalue weighted by molar-refractivity contribution is 0.686. The summed E-state index contributed by atoms with van der Waals surface area (Å²) in [5.41, 5.74) is 10.8. The van der Waals surface area contributed by atoms with E-state index in [0.29, 0.717) is 0 Å². The van der Waals surface area contributed by atoms with E-state index in [1.807, 2.05) is 0 Å². The molecule has 170 valence electrons. The van der Waals surface area contributed by atoms with Crippen LogP contribution in [0.5, 0.6) is 0 Å². The first-order valence-electron chi connectivity index (χ1n) is 12.0. The molecule has 0 unspecified atom stereocenters. The molecule has 0 saturated heterocycles. The number of aromatic nitrogens is 2. The van der Waals surface area contributed by atoms with Gasteiger partial charge in [-0.1, -0.05) is 42.8 Å². The van der Waals surface area contributed by atoms with Crippen molar-refractivity contribution >= 4 is 17.3 Å². The average Bonchev–Trinajstić information content (AvgIpc) is 3.06. The van der Waals surface area contributed by atoms with Crippen molar-refractivity contribution in [3.8, 4) is 0 Å². The van der Waals surface area contributed by atoms with Gasteiger partial charge in [0.1, 0.15) is 5.82 Å². The zero-order valence-electron chi connectivity index (χ0n) is 20.9. The third-order valence-electron chi connectivity index (χ3n) is 6.80. The van der Waals surface area contributed by atoms with E-state index in [1.54, 1.807) is 0 Å². The van der Waals surface area contributed by atoms with Crippen molar-refractivity contribution in [3.63, 3.8) is 0 Å². The molecule has 3 aromatic rings. The van der Waals surface area contributed by atoms with E-state index in [2.05, 4.69) is 93.4 Å². The van der Waals surface area contributed by atoms with Gasteiger partial charge in [0, 0.05) is 37.9 Å². The maximum Gasteiger partial charge on any atom is 0.160 e. The van der Waals surface area contributed by atoms with Gasteiger partial charge in [0.25, 0.3) is 0 Å². The molecule has 1 aromatic heterocycles.